The van der Waals surface area contributed by atoms with Crippen molar-refractivity contribution in [3.8, 4) is 5.75 Å². The van der Waals surface area contributed by atoms with E-state index in [1.165, 1.54) is 6.42 Å². The number of benzene rings is 1. The predicted molar refractivity (Wildman–Crippen MR) is 76.1 cm³/mol. The lowest BCUT2D eigenvalue weighted by molar-refractivity contribution is 0.107. The van der Waals surface area contributed by atoms with E-state index in [1.54, 1.807) is 0 Å². The molecule has 0 saturated carbocycles. The molecule has 1 aromatic rings. The summed E-state index contributed by atoms with van der Waals surface area (Å²) in [4.78, 5) is 2.37. The van der Waals surface area contributed by atoms with Gasteiger partial charge in [0.25, 0.3) is 0 Å². The van der Waals surface area contributed by atoms with Crippen LogP contribution in [0.4, 0.5) is 0 Å². The second-order valence-corrected chi connectivity index (χ2v) is 5.19. The topological polar surface area (TPSA) is 58.7 Å². The van der Waals surface area contributed by atoms with Crippen LogP contribution in [0.1, 0.15) is 18.4 Å². The van der Waals surface area contributed by atoms with Crippen LogP contribution in [0, 0.1) is 5.92 Å². The molecule has 106 valence electrons. The van der Waals surface area contributed by atoms with Crippen molar-refractivity contribution >= 4 is 0 Å². The van der Waals surface area contributed by atoms with Gasteiger partial charge in [0.2, 0.25) is 0 Å². The average Bonchev–Trinajstić information content (AvgIpc) is 2.48. The molecule has 4 nitrogen and oxygen atoms in total. The average molecular weight is 264 g/mol. The van der Waals surface area contributed by atoms with E-state index in [1.807, 2.05) is 24.3 Å². The Kier molecular flexibility index (Phi) is 5.63. The van der Waals surface area contributed by atoms with E-state index in [0.29, 0.717) is 25.7 Å². The van der Waals surface area contributed by atoms with Crippen molar-refractivity contribution in [1.29, 1.82) is 0 Å². The molecule has 1 fully saturated rings. The Hall–Kier alpha value is -1.10. The Bertz CT molecular complexity index is 367. The summed E-state index contributed by atoms with van der Waals surface area (Å²) in [5.41, 5.74) is 6.68. The first-order valence-corrected chi connectivity index (χ1v) is 7.07. The van der Waals surface area contributed by atoms with Gasteiger partial charge in [0.05, 0.1) is 0 Å². The Morgan fingerprint density at radius 1 is 1.32 bits per heavy atom. The van der Waals surface area contributed by atoms with E-state index < -0.39 is 0 Å². The largest absolute Gasteiger partial charge is 0.492 e. The number of rotatable bonds is 6. The summed E-state index contributed by atoms with van der Waals surface area (Å²) < 4.78 is 5.73. The normalized spacial score (nSPS) is 20.4. The first-order valence-electron chi connectivity index (χ1n) is 7.07. The van der Waals surface area contributed by atoms with Crippen molar-refractivity contribution in [2.24, 2.45) is 11.7 Å². The molecule has 3 N–H and O–H groups in total. The molecule has 1 heterocycles. The number of nitrogens with zero attached hydrogens (tertiary/aromatic N) is 1. The molecule has 2 rings (SSSR count). The Morgan fingerprint density at radius 2 is 2.11 bits per heavy atom. The van der Waals surface area contributed by atoms with Crippen LogP contribution in [0.5, 0.6) is 5.75 Å². The lowest BCUT2D eigenvalue weighted by atomic mass is 9.99. The van der Waals surface area contributed by atoms with Gasteiger partial charge in [-0.1, -0.05) is 12.1 Å². The number of aliphatic hydroxyl groups is 1. The molecule has 19 heavy (non-hydrogen) atoms. The van der Waals surface area contributed by atoms with Crippen molar-refractivity contribution < 1.29 is 9.84 Å². The second-order valence-electron chi connectivity index (χ2n) is 5.19. The minimum absolute atomic E-state index is 0.303. The van der Waals surface area contributed by atoms with Gasteiger partial charge in [-0.3, -0.25) is 4.90 Å². The summed E-state index contributed by atoms with van der Waals surface area (Å²) in [7, 11) is 0. The maximum absolute atomic E-state index is 9.19. The highest BCUT2D eigenvalue weighted by Gasteiger charge is 2.18. The van der Waals surface area contributed by atoms with Gasteiger partial charge in [-0.15, -0.1) is 0 Å². The third-order valence-corrected chi connectivity index (χ3v) is 3.70. The fourth-order valence-corrected chi connectivity index (χ4v) is 2.52. The van der Waals surface area contributed by atoms with Crippen molar-refractivity contribution in [3.63, 3.8) is 0 Å². The zero-order valence-corrected chi connectivity index (χ0v) is 11.4. The molecular formula is C15H24N2O2. The Morgan fingerprint density at radius 3 is 2.79 bits per heavy atom. The highest BCUT2D eigenvalue weighted by atomic mass is 16.5. The van der Waals surface area contributed by atoms with E-state index in [-0.39, 0.29) is 0 Å². The third kappa shape index (κ3) is 4.49. The number of hydrogen-bond donors (Lipinski definition) is 2. The van der Waals surface area contributed by atoms with E-state index in [4.69, 9.17) is 10.5 Å². The quantitative estimate of drug-likeness (QED) is 0.811. The second kappa shape index (κ2) is 7.48. The molecule has 0 aliphatic carbocycles. The first-order chi connectivity index (χ1) is 9.31. The Labute approximate surface area is 115 Å². The van der Waals surface area contributed by atoms with E-state index in [9.17, 15) is 5.11 Å². The number of aliphatic hydroxyl groups excluding tert-OH is 1. The first kappa shape index (κ1) is 14.3. The van der Waals surface area contributed by atoms with Crippen LogP contribution in [-0.4, -0.2) is 42.9 Å². The molecule has 4 heteroatoms. The number of nitrogens with two attached hydrogens (primary N) is 1. The summed E-state index contributed by atoms with van der Waals surface area (Å²) in [6.07, 6.45) is 2.32. The lowest BCUT2D eigenvalue weighted by Gasteiger charge is -2.31. The molecule has 1 unspecified atom stereocenters. The number of piperidine rings is 1. The van der Waals surface area contributed by atoms with Gasteiger partial charge in [-0.2, -0.15) is 0 Å². The van der Waals surface area contributed by atoms with E-state index in [0.717, 1.165) is 37.4 Å². The van der Waals surface area contributed by atoms with Crippen LogP contribution in [0.15, 0.2) is 24.3 Å². The van der Waals surface area contributed by atoms with Gasteiger partial charge in [0.1, 0.15) is 12.4 Å². The number of hydrogen-bond acceptors (Lipinski definition) is 4. The van der Waals surface area contributed by atoms with Gasteiger partial charge < -0.3 is 15.6 Å². The highest BCUT2D eigenvalue weighted by Crippen LogP contribution is 2.16. The van der Waals surface area contributed by atoms with Crippen LogP contribution in [-0.2, 0) is 6.54 Å². The minimum Gasteiger partial charge on any atom is -0.492 e. The van der Waals surface area contributed by atoms with Crippen LogP contribution < -0.4 is 10.5 Å². The van der Waals surface area contributed by atoms with Crippen molar-refractivity contribution in [3.05, 3.63) is 29.8 Å². The van der Waals surface area contributed by atoms with Crippen LogP contribution >= 0.6 is 0 Å². The van der Waals surface area contributed by atoms with E-state index in [2.05, 4.69) is 4.90 Å². The zero-order valence-electron chi connectivity index (χ0n) is 11.4. The zero-order chi connectivity index (χ0) is 13.5. The Balaban J connectivity index is 1.70. The molecule has 1 saturated heterocycles. The molecule has 1 aliphatic heterocycles. The van der Waals surface area contributed by atoms with E-state index >= 15 is 0 Å². The van der Waals surface area contributed by atoms with Gasteiger partial charge in [0, 0.05) is 26.2 Å². The highest BCUT2D eigenvalue weighted by molar-refractivity contribution is 5.27. The molecule has 0 radical (unpaired) electrons. The summed E-state index contributed by atoms with van der Waals surface area (Å²) in [5, 5.41) is 9.19. The SMILES string of the molecule is NCc1ccc(OCCN2CCCC(CO)C2)cc1. The molecule has 1 atom stereocenters. The third-order valence-electron chi connectivity index (χ3n) is 3.70. The van der Waals surface area contributed by atoms with Crippen LogP contribution in [0.25, 0.3) is 0 Å². The van der Waals surface area contributed by atoms with Crippen molar-refractivity contribution in [2.75, 3.05) is 32.8 Å². The molecular weight excluding hydrogens is 240 g/mol. The van der Waals surface area contributed by atoms with Gasteiger partial charge in [-0.25, -0.2) is 0 Å². The standard InChI is InChI=1S/C15H24N2O2/c16-10-13-3-5-15(6-4-13)19-9-8-17-7-1-2-14(11-17)12-18/h3-6,14,18H,1-2,7-12,16H2. The number of ether oxygens (including phenoxy) is 1. The molecule has 1 aromatic carbocycles. The fourth-order valence-electron chi connectivity index (χ4n) is 2.52. The predicted octanol–water partition coefficient (Wildman–Crippen LogP) is 1.23. The lowest BCUT2D eigenvalue weighted by Crippen LogP contribution is -2.39. The summed E-state index contributed by atoms with van der Waals surface area (Å²) in [5.74, 6) is 1.34. The monoisotopic (exact) mass is 264 g/mol. The maximum atomic E-state index is 9.19. The smallest absolute Gasteiger partial charge is 0.119 e. The van der Waals surface area contributed by atoms with Crippen LogP contribution in [0.2, 0.25) is 0 Å². The maximum Gasteiger partial charge on any atom is 0.119 e. The minimum atomic E-state index is 0.303. The fraction of sp³-hybridized carbons (Fsp3) is 0.600. The van der Waals surface area contributed by atoms with Gasteiger partial charge in [-0.05, 0) is 43.0 Å². The molecule has 1 aliphatic rings. The molecule has 0 aromatic heterocycles. The van der Waals surface area contributed by atoms with Gasteiger partial charge in [0.15, 0.2) is 0 Å². The summed E-state index contributed by atoms with van der Waals surface area (Å²) >= 11 is 0. The van der Waals surface area contributed by atoms with Crippen molar-refractivity contribution in [1.82, 2.24) is 4.90 Å². The van der Waals surface area contributed by atoms with Crippen molar-refractivity contribution in [2.45, 2.75) is 19.4 Å². The molecule has 0 amide bonds. The molecule has 0 bridgehead atoms. The molecule has 0 spiro atoms. The van der Waals surface area contributed by atoms with Crippen LogP contribution in [0.3, 0.4) is 0 Å². The summed E-state index contributed by atoms with van der Waals surface area (Å²) in [6.45, 7) is 4.60. The van der Waals surface area contributed by atoms with Gasteiger partial charge >= 0.3 is 0 Å². The summed E-state index contributed by atoms with van der Waals surface area (Å²) in [6, 6.07) is 7.93. The number of likely N-dealkylation sites (tertiary alicyclic amines) is 1.